The predicted octanol–water partition coefficient (Wildman–Crippen LogP) is 1.41. The Balaban J connectivity index is 1.39. The van der Waals surface area contributed by atoms with Crippen LogP contribution in [0.5, 0.6) is 0 Å². The first-order valence-electron chi connectivity index (χ1n) is 9.43. The first-order chi connectivity index (χ1) is 12.8. The Labute approximate surface area is 151 Å². The molecular weight excluding hydrogens is 332 g/mol. The third kappa shape index (κ3) is 1.83. The quantitative estimate of drug-likeness (QED) is 0.878. The van der Waals surface area contributed by atoms with E-state index < -0.39 is 0 Å². The van der Waals surface area contributed by atoms with E-state index in [1.165, 1.54) is 25.7 Å². The molecule has 136 valence electrons. The molecule has 26 heavy (non-hydrogen) atoms. The second-order valence-corrected chi connectivity index (χ2v) is 7.78. The summed E-state index contributed by atoms with van der Waals surface area (Å²) < 4.78 is 9.72. The van der Waals surface area contributed by atoms with E-state index >= 15 is 0 Å². The lowest BCUT2D eigenvalue weighted by Gasteiger charge is -2.45. The molecule has 9 nitrogen and oxygen atoms in total. The molecule has 2 aliphatic carbocycles. The molecule has 0 saturated heterocycles. The SMILES string of the molecule is COC1(c2cn(C3=NNC4C5CCCCC5n5cncc5N34)nn2)CC1. The van der Waals surface area contributed by atoms with Crippen molar-refractivity contribution in [2.75, 3.05) is 12.0 Å². The van der Waals surface area contributed by atoms with Crippen molar-refractivity contribution in [3.8, 4) is 0 Å². The van der Waals surface area contributed by atoms with Crippen LogP contribution in [0.25, 0.3) is 0 Å². The van der Waals surface area contributed by atoms with E-state index in [0.717, 1.165) is 30.3 Å². The standard InChI is InChI=1S/C17H22N8O/c1-26-17(6-7-17)13-9-24(22-19-13)16-21-20-15-11-4-2-3-5-12(11)23-10-18-8-14(23)25(15)16/h8-12,15,20H,2-7H2,1H3. The van der Waals surface area contributed by atoms with Crippen LogP contribution in [0.3, 0.4) is 0 Å². The van der Waals surface area contributed by atoms with Crippen LogP contribution in [0, 0.1) is 5.92 Å². The van der Waals surface area contributed by atoms with E-state index in [1.54, 1.807) is 11.8 Å². The minimum atomic E-state index is -0.248. The number of nitrogens with zero attached hydrogens (tertiary/aromatic N) is 7. The van der Waals surface area contributed by atoms with Crippen molar-refractivity contribution in [3.63, 3.8) is 0 Å². The Kier molecular flexibility index (Phi) is 2.87. The lowest BCUT2D eigenvalue weighted by atomic mass is 9.80. The number of rotatable bonds is 2. The number of ether oxygens (including phenoxy) is 1. The monoisotopic (exact) mass is 354 g/mol. The number of imidazole rings is 1. The van der Waals surface area contributed by atoms with Crippen molar-refractivity contribution in [2.45, 2.75) is 56.3 Å². The van der Waals surface area contributed by atoms with Gasteiger partial charge in [0.25, 0.3) is 5.96 Å². The van der Waals surface area contributed by atoms with Gasteiger partial charge in [-0.2, -0.15) is 4.68 Å². The Morgan fingerprint density at radius 3 is 3.00 bits per heavy atom. The number of anilines is 1. The van der Waals surface area contributed by atoms with Crippen LogP contribution in [0.2, 0.25) is 0 Å². The normalized spacial score (nSPS) is 30.9. The topological polar surface area (TPSA) is 85.4 Å². The van der Waals surface area contributed by atoms with Gasteiger partial charge in [0.05, 0.1) is 18.7 Å². The van der Waals surface area contributed by atoms with Crippen molar-refractivity contribution in [1.29, 1.82) is 0 Å². The smallest absolute Gasteiger partial charge is 0.252 e. The zero-order chi connectivity index (χ0) is 17.3. The van der Waals surface area contributed by atoms with E-state index in [4.69, 9.17) is 4.74 Å². The van der Waals surface area contributed by atoms with Crippen LogP contribution in [0.1, 0.15) is 50.3 Å². The largest absolute Gasteiger partial charge is 0.372 e. The molecule has 6 rings (SSSR count). The molecule has 2 saturated carbocycles. The average Bonchev–Trinajstić information content (AvgIpc) is 3.09. The summed E-state index contributed by atoms with van der Waals surface area (Å²) in [4.78, 5) is 6.65. The van der Waals surface area contributed by atoms with Gasteiger partial charge in [-0.25, -0.2) is 4.98 Å². The molecule has 3 unspecified atom stereocenters. The molecule has 3 atom stereocenters. The average molecular weight is 354 g/mol. The molecule has 0 spiro atoms. The van der Waals surface area contributed by atoms with Gasteiger partial charge in [-0.05, 0) is 25.7 Å². The summed E-state index contributed by atoms with van der Waals surface area (Å²) in [6, 6.07) is 0.499. The van der Waals surface area contributed by atoms with Crippen LogP contribution in [0.4, 0.5) is 5.82 Å². The number of nitrogens with one attached hydrogen (secondary N) is 1. The molecule has 0 aromatic carbocycles. The lowest BCUT2D eigenvalue weighted by molar-refractivity contribution is 0.0751. The molecule has 2 fully saturated rings. The van der Waals surface area contributed by atoms with Gasteiger partial charge in [0, 0.05) is 19.1 Å². The summed E-state index contributed by atoms with van der Waals surface area (Å²) in [5.74, 6) is 2.35. The van der Waals surface area contributed by atoms with Crippen molar-refractivity contribution >= 4 is 11.8 Å². The number of hydrogen-bond donors (Lipinski definition) is 1. The fourth-order valence-electron chi connectivity index (χ4n) is 4.90. The summed E-state index contributed by atoms with van der Waals surface area (Å²) in [6.45, 7) is 0. The molecule has 9 heteroatoms. The van der Waals surface area contributed by atoms with Crippen LogP contribution in [-0.4, -0.2) is 43.8 Å². The molecule has 4 aliphatic rings. The fourth-order valence-corrected chi connectivity index (χ4v) is 4.90. The Morgan fingerprint density at radius 2 is 2.15 bits per heavy atom. The highest BCUT2D eigenvalue weighted by atomic mass is 16.5. The van der Waals surface area contributed by atoms with Gasteiger partial charge in [-0.15, -0.1) is 10.2 Å². The van der Waals surface area contributed by atoms with Gasteiger partial charge in [0.1, 0.15) is 23.3 Å². The molecule has 0 radical (unpaired) electrons. The highest BCUT2D eigenvalue weighted by Gasteiger charge is 2.49. The first-order valence-corrected chi connectivity index (χ1v) is 9.43. The summed E-state index contributed by atoms with van der Waals surface area (Å²) in [7, 11) is 1.74. The number of hydrazone groups is 1. The number of fused-ring (bicyclic) bond motifs is 6. The van der Waals surface area contributed by atoms with E-state index in [-0.39, 0.29) is 11.8 Å². The van der Waals surface area contributed by atoms with Gasteiger partial charge in [-0.1, -0.05) is 18.1 Å². The van der Waals surface area contributed by atoms with E-state index in [0.29, 0.717) is 12.0 Å². The van der Waals surface area contributed by atoms with Gasteiger partial charge >= 0.3 is 0 Å². The van der Waals surface area contributed by atoms with E-state index in [1.807, 2.05) is 18.7 Å². The maximum atomic E-state index is 5.63. The third-order valence-electron chi connectivity index (χ3n) is 6.49. The molecule has 1 N–H and O–H groups in total. The number of methoxy groups -OCH3 is 1. The molecule has 2 aromatic rings. The van der Waals surface area contributed by atoms with Crippen molar-refractivity contribution in [1.82, 2.24) is 30.0 Å². The zero-order valence-corrected chi connectivity index (χ0v) is 14.7. The van der Waals surface area contributed by atoms with Gasteiger partial charge in [-0.3, -0.25) is 10.3 Å². The third-order valence-corrected chi connectivity index (χ3v) is 6.49. The second-order valence-electron chi connectivity index (χ2n) is 7.78. The van der Waals surface area contributed by atoms with Crippen molar-refractivity contribution in [3.05, 3.63) is 24.4 Å². The van der Waals surface area contributed by atoms with E-state index in [2.05, 4.69) is 35.3 Å². The summed E-state index contributed by atoms with van der Waals surface area (Å²) >= 11 is 0. The highest BCUT2D eigenvalue weighted by Crippen LogP contribution is 2.48. The molecule has 0 amide bonds. The van der Waals surface area contributed by atoms with Crippen LogP contribution < -0.4 is 10.3 Å². The predicted molar refractivity (Wildman–Crippen MR) is 93.4 cm³/mol. The molecule has 0 bridgehead atoms. The lowest BCUT2D eigenvalue weighted by Crippen LogP contribution is -2.54. The van der Waals surface area contributed by atoms with Crippen molar-refractivity contribution in [2.24, 2.45) is 11.0 Å². The highest BCUT2D eigenvalue weighted by molar-refractivity contribution is 5.98. The second kappa shape index (κ2) is 5.06. The van der Waals surface area contributed by atoms with Gasteiger partial charge in [0.15, 0.2) is 0 Å². The minimum absolute atomic E-state index is 0.157. The van der Waals surface area contributed by atoms with Gasteiger partial charge in [0.2, 0.25) is 0 Å². The summed E-state index contributed by atoms with van der Waals surface area (Å²) in [5.41, 5.74) is 4.00. The number of hydrogen-bond acceptors (Lipinski definition) is 7. The van der Waals surface area contributed by atoms with Crippen molar-refractivity contribution < 1.29 is 4.74 Å². The van der Waals surface area contributed by atoms with Crippen LogP contribution in [-0.2, 0) is 10.3 Å². The summed E-state index contributed by atoms with van der Waals surface area (Å²) in [6.07, 6.45) is 13.0. The first kappa shape index (κ1) is 14.7. The Morgan fingerprint density at radius 1 is 1.27 bits per heavy atom. The van der Waals surface area contributed by atoms with Gasteiger partial charge < -0.3 is 9.30 Å². The zero-order valence-electron chi connectivity index (χ0n) is 14.7. The van der Waals surface area contributed by atoms with Crippen LogP contribution >= 0.6 is 0 Å². The molecule has 2 aromatic heterocycles. The molecular formula is C17H22N8O. The maximum Gasteiger partial charge on any atom is 0.252 e. The molecule has 4 heterocycles. The Hall–Kier alpha value is -2.42. The fraction of sp³-hybridized carbons (Fsp3) is 0.647. The number of aromatic nitrogens is 5. The van der Waals surface area contributed by atoms with E-state index in [9.17, 15) is 0 Å². The maximum absolute atomic E-state index is 5.63. The minimum Gasteiger partial charge on any atom is -0.372 e. The van der Waals surface area contributed by atoms with Crippen LogP contribution in [0.15, 0.2) is 23.8 Å². The summed E-state index contributed by atoms with van der Waals surface area (Å²) in [5, 5.41) is 13.3. The molecule has 2 aliphatic heterocycles. The Bertz CT molecular complexity index is 881.